The van der Waals surface area contributed by atoms with Crippen LogP contribution in [0.5, 0.6) is 0 Å². The predicted molar refractivity (Wildman–Crippen MR) is 272 cm³/mol. The number of para-hydroxylation sites is 2. The lowest BCUT2D eigenvalue weighted by Gasteiger charge is -2.54. The maximum absolute atomic E-state index is 7.01. The molecule has 8 aliphatic rings. The standard InChI is InChI=1S/C57H73ClN10/c1-63-35-49(58)55(62-63)57-60-51-21-20-40(34-54(51)68(57)48-32-43-16-9-17-44(33-48)66(43)46-28-38-12-4-5-13-39(25-38)29-46)64-23-22-52(61-64)56-59-50-18-6-7-19-53(50)67(56)47-30-41-14-8-15-42(31-47)65(41)45-26-36-10-2-3-11-37(24-36)27-45/h6-7,18-23,34-39,41-48H,2-5,8-17,24-33H2,1H3/t36-,37+,38-,39+,41-,42+,43-,44+,45?,46?,47?,48?. The van der Waals surface area contributed by atoms with Crippen molar-refractivity contribution in [3.8, 4) is 28.7 Å². The Balaban J connectivity index is 0.790. The highest BCUT2D eigenvalue weighted by Gasteiger charge is 2.47. The summed E-state index contributed by atoms with van der Waals surface area (Å²) in [6, 6.07) is 22.6. The van der Waals surface area contributed by atoms with Crippen molar-refractivity contribution in [1.29, 1.82) is 0 Å². The summed E-state index contributed by atoms with van der Waals surface area (Å²) in [6.45, 7) is 0. The average molecular weight is 934 g/mol. The normalized spacial score (nSPS) is 34.6. The van der Waals surface area contributed by atoms with E-state index >= 15 is 0 Å². The molecule has 4 unspecified atom stereocenters. The number of hydrogen-bond donors (Lipinski definition) is 0. The van der Waals surface area contributed by atoms with Gasteiger partial charge < -0.3 is 9.13 Å². The molecule has 0 radical (unpaired) electrons. The molecule has 6 aromatic rings. The van der Waals surface area contributed by atoms with Crippen LogP contribution in [-0.2, 0) is 7.05 Å². The first-order chi connectivity index (χ1) is 33.4. The first kappa shape index (κ1) is 42.9. The first-order valence-electron chi connectivity index (χ1n) is 27.7. The highest BCUT2D eigenvalue weighted by molar-refractivity contribution is 6.32. The lowest BCUT2D eigenvalue weighted by atomic mass is 9.73. The number of hydrogen-bond acceptors (Lipinski definition) is 6. The fourth-order valence-electron chi connectivity index (χ4n) is 17.2. The van der Waals surface area contributed by atoms with Crippen molar-refractivity contribution < 1.29 is 0 Å². The Labute approximate surface area is 408 Å². The molecule has 68 heavy (non-hydrogen) atoms. The van der Waals surface area contributed by atoms with Gasteiger partial charge in [-0.15, -0.1) is 0 Å². The van der Waals surface area contributed by atoms with Gasteiger partial charge in [-0.1, -0.05) is 87.9 Å². The monoisotopic (exact) mass is 933 g/mol. The maximum atomic E-state index is 7.01. The Kier molecular flexibility index (Phi) is 11.0. The van der Waals surface area contributed by atoms with E-state index in [0.29, 0.717) is 41.3 Å². The molecule has 0 spiro atoms. The average Bonchev–Trinajstić information content (AvgIpc) is 4.10. The van der Waals surface area contributed by atoms with E-state index in [-0.39, 0.29) is 0 Å². The summed E-state index contributed by atoms with van der Waals surface area (Å²) in [5, 5.41) is 11.0. The number of rotatable bonds is 7. The minimum absolute atomic E-state index is 0.321. The van der Waals surface area contributed by atoms with Crippen LogP contribution in [0.3, 0.4) is 0 Å². The molecule has 8 bridgehead atoms. The van der Waals surface area contributed by atoms with Crippen LogP contribution < -0.4 is 0 Å². The van der Waals surface area contributed by atoms with Crippen molar-refractivity contribution in [3.05, 3.63) is 65.9 Å². The molecule has 0 N–H and O–H groups in total. The topological polar surface area (TPSA) is 77.8 Å². The summed E-state index contributed by atoms with van der Waals surface area (Å²) in [7, 11) is 1.96. The number of nitrogens with zero attached hydrogens (tertiary/aromatic N) is 10. The summed E-state index contributed by atoms with van der Waals surface area (Å²) >= 11 is 7.01. The number of aryl methyl sites for hydroxylation is 1. The van der Waals surface area contributed by atoms with Gasteiger partial charge in [0, 0.05) is 67.8 Å². The van der Waals surface area contributed by atoms with Crippen LogP contribution in [-0.4, -0.2) is 84.7 Å². The van der Waals surface area contributed by atoms with E-state index in [0.717, 1.165) is 93.9 Å². The Morgan fingerprint density at radius 1 is 0.485 bits per heavy atom. The SMILES string of the molecule is Cn1cc(Cl)c(-c2nc3ccc(-n4ccc(-c5nc6ccccc6n5C5C[C@H]6CCC[C@@H](C5)N6C5C[C@H]6CCCC[C@@H](C5)C6)n4)cc3n2C2C[C@H]3CCC[C@@H](C2)N3C2C[C@H]3CCCC[C@@H](C2)C3)n1. The largest absolute Gasteiger partial charge is 0.319 e. The Hall–Kier alpha value is -3.99. The molecular formula is C57H73ClN10. The summed E-state index contributed by atoms with van der Waals surface area (Å²) in [4.78, 5) is 17.0. The molecule has 14 rings (SSSR count). The highest BCUT2D eigenvalue weighted by atomic mass is 35.5. The van der Waals surface area contributed by atoms with E-state index < -0.39 is 0 Å². The molecule has 4 saturated heterocycles. The fraction of sp³-hybridized carbons (Fsp3) is 0.649. The molecule has 0 amide bonds. The van der Waals surface area contributed by atoms with E-state index in [4.69, 9.17) is 31.8 Å². The molecule has 12 atom stereocenters. The summed E-state index contributed by atoms with van der Waals surface area (Å²) in [5.74, 6) is 5.69. The minimum atomic E-state index is 0.321. The van der Waals surface area contributed by atoms with E-state index in [9.17, 15) is 0 Å². The van der Waals surface area contributed by atoms with Gasteiger partial charge in [-0.25, -0.2) is 14.6 Å². The minimum Gasteiger partial charge on any atom is -0.319 e. The van der Waals surface area contributed by atoms with Crippen molar-refractivity contribution in [1.82, 2.24) is 48.5 Å². The molecule has 358 valence electrons. The van der Waals surface area contributed by atoms with Crippen molar-refractivity contribution in [2.45, 2.75) is 202 Å². The van der Waals surface area contributed by atoms with E-state index in [1.807, 2.05) is 17.9 Å². The summed E-state index contributed by atoms with van der Waals surface area (Å²) < 4.78 is 9.10. The molecule has 8 fully saturated rings. The smallest absolute Gasteiger partial charge is 0.163 e. The van der Waals surface area contributed by atoms with Crippen LogP contribution in [0.1, 0.15) is 166 Å². The summed E-state index contributed by atoms with van der Waals surface area (Å²) in [6.07, 6.45) is 37.2. The molecule has 10 nitrogen and oxygen atoms in total. The lowest BCUT2D eigenvalue weighted by Crippen LogP contribution is -2.58. The zero-order valence-electron chi connectivity index (χ0n) is 40.5. The van der Waals surface area contributed by atoms with Gasteiger partial charge in [-0.2, -0.15) is 10.2 Å². The van der Waals surface area contributed by atoms with Crippen LogP contribution in [0.4, 0.5) is 0 Å². The maximum Gasteiger partial charge on any atom is 0.163 e. The number of benzene rings is 2. The van der Waals surface area contributed by atoms with Crippen LogP contribution in [0.2, 0.25) is 5.02 Å². The molecule has 11 heteroatoms. The predicted octanol–water partition coefficient (Wildman–Crippen LogP) is 13.1. The van der Waals surface area contributed by atoms with Crippen molar-refractivity contribution >= 4 is 33.7 Å². The van der Waals surface area contributed by atoms with Crippen LogP contribution >= 0.6 is 11.6 Å². The van der Waals surface area contributed by atoms with Gasteiger partial charge in [-0.3, -0.25) is 14.5 Å². The van der Waals surface area contributed by atoms with Gasteiger partial charge in [-0.05, 0) is 150 Å². The summed E-state index contributed by atoms with van der Waals surface area (Å²) in [5.41, 5.74) is 7.24. The fourth-order valence-corrected chi connectivity index (χ4v) is 17.4. The third-order valence-corrected chi connectivity index (χ3v) is 19.9. The molecule has 4 aliphatic heterocycles. The first-order valence-corrected chi connectivity index (χ1v) is 28.1. The Morgan fingerprint density at radius 2 is 1.01 bits per heavy atom. The molecule has 2 aromatic carbocycles. The molecule has 4 aliphatic carbocycles. The quantitative estimate of drug-likeness (QED) is 0.159. The Bertz CT molecular complexity index is 2740. The van der Waals surface area contributed by atoms with Crippen LogP contribution in [0.25, 0.3) is 50.8 Å². The van der Waals surface area contributed by atoms with Gasteiger partial charge in [0.05, 0.1) is 32.8 Å². The second-order valence-electron chi connectivity index (χ2n) is 23.8. The van der Waals surface area contributed by atoms with Gasteiger partial charge in [0.2, 0.25) is 0 Å². The van der Waals surface area contributed by atoms with Crippen molar-refractivity contribution in [2.75, 3.05) is 0 Å². The van der Waals surface area contributed by atoms with Gasteiger partial charge >= 0.3 is 0 Å². The third-order valence-electron chi connectivity index (χ3n) is 19.6. The van der Waals surface area contributed by atoms with E-state index in [2.05, 4.69) is 78.3 Å². The van der Waals surface area contributed by atoms with E-state index in [1.165, 1.54) is 147 Å². The number of halogens is 1. The number of piperidine rings is 4. The molecular weight excluding hydrogens is 860 g/mol. The van der Waals surface area contributed by atoms with Gasteiger partial charge in [0.25, 0.3) is 0 Å². The second-order valence-corrected chi connectivity index (χ2v) is 24.2. The number of aromatic nitrogens is 8. The van der Waals surface area contributed by atoms with Crippen LogP contribution in [0.15, 0.2) is 60.9 Å². The lowest BCUT2D eigenvalue weighted by molar-refractivity contribution is -0.0416. The van der Waals surface area contributed by atoms with Gasteiger partial charge in [0.15, 0.2) is 11.6 Å². The second kappa shape index (κ2) is 17.4. The molecule has 4 aromatic heterocycles. The zero-order chi connectivity index (χ0) is 45.0. The van der Waals surface area contributed by atoms with Crippen LogP contribution in [0, 0.1) is 23.7 Å². The molecule has 8 heterocycles. The molecule has 4 saturated carbocycles. The van der Waals surface area contributed by atoms with Crippen molar-refractivity contribution in [3.63, 3.8) is 0 Å². The Morgan fingerprint density at radius 3 is 1.57 bits per heavy atom. The number of fused-ring (bicyclic) bond motifs is 10. The van der Waals surface area contributed by atoms with Crippen molar-refractivity contribution in [2.24, 2.45) is 30.7 Å². The third kappa shape index (κ3) is 7.54. The van der Waals surface area contributed by atoms with E-state index in [1.54, 1.807) is 0 Å². The highest BCUT2D eigenvalue weighted by Crippen LogP contribution is 2.50. The zero-order valence-corrected chi connectivity index (χ0v) is 41.3. The number of imidazole rings is 2. The van der Waals surface area contributed by atoms with Gasteiger partial charge in [0.1, 0.15) is 11.4 Å².